The highest BCUT2D eigenvalue weighted by molar-refractivity contribution is 7.15. The average molecular weight is 406 g/mol. The second-order valence-electron chi connectivity index (χ2n) is 5.77. The van der Waals surface area contributed by atoms with E-state index in [1.165, 1.54) is 11.3 Å². The second kappa shape index (κ2) is 8.62. The minimum absolute atomic E-state index is 0.0778. The third kappa shape index (κ3) is 4.61. The number of aromatic nitrogens is 2. The molecule has 2 aromatic carbocycles. The Morgan fingerprint density at radius 1 is 1.15 bits per heavy atom. The summed E-state index contributed by atoms with van der Waals surface area (Å²) in [6.07, 6.45) is 1.25. The summed E-state index contributed by atoms with van der Waals surface area (Å²) < 4.78 is 0. The van der Waals surface area contributed by atoms with E-state index < -0.39 is 0 Å². The number of halogens is 2. The molecule has 26 heavy (non-hydrogen) atoms. The van der Waals surface area contributed by atoms with Gasteiger partial charge in [0.1, 0.15) is 5.01 Å². The van der Waals surface area contributed by atoms with Gasteiger partial charge in [0.2, 0.25) is 11.0 Å². The number of nitrogens with zero attached hydrogens (tertiary/aromatic N) is 2. The van der Waals surface area contributed by atoms with E-state index in [0.29, 0.717) is 28.0 Å². The van der Waals surface area contributed by atoms with Gasteiger partial charge in [-0.2, -0.15) is 0 Å². The summed E-state index contributed by atoms with van der Waals surface area (Å²) in [5, 5.41) is 13.5. The topological polar surface area (TPSA) is 54.9 Å². The molecule has 0 radical (unpaired) electrons. The number of rotatable bonds is 6. The van der Waals surface area contributed by atoms with E-state index in [1.54, 1.807) is 12.1 Å². The number of benzene rings is 2. The first-order chi connectivity index (χ1) is 12.6. The van der Waals surface area contributed by atoms with Crippen LogP contribution in [0.2, 0.25) is 10.0 Å². The van der Waals surface area contributed by atoms with E-state index in [4.69, 9.17) is 23.2 Å². The Bertz CT molecular complexity index is 899. The van der Waals surface area contributed by atoms with Crippen LogP contribution in [-0.4, -0.2) is 16.1 Å². The highest BCUT2D eigenvalue weighted by atomic mass is 35.5. The molecule has 0 aliphatic heterocycles. The zero-order valence-corrected chi connectivity index (χ0v) is 16.4. The molecule has 0 saturated heterocycles. The monoisotopic (exact) mass is 405 g/mol. The fourth-order valence-corrected chi connectivity index (χ4v) is 3.89. The normalized spacial score (nSPS) is 12.0. The summed E-state index contributed by atoms with van der Waals surface area (Å²) >= 11 is 13.5. The molecule has 1 heterocycles. The summed E-state index contributed by atoms with van der Waals surface area (Å²) in [4.78, 5) is 12.6. The Labute approximate surface area is 166 Å². The van der Waals surface area contributed by atoms with Gasteiger partial charge in [0, 0.05) is 16.5 Å². The molecule has 0 aliphatic carbocycles. The number of anilines is 1. The van der Waals surface area contributed by atoms with Crippen LogP contribution < -0.4 is 5.32 Å². The number of nitrogens with one attached hydrogen (secondary N) is 1. The molecule has 0 fully saturated rings. The van der Waals surface area contributed by atoms with Gasteiger partial charge in [0.15, 0.2) is 0 Å². The maximum absolute atomic E-state index is 12.6. The maximum Gasteiger partial charge on any atom is 0.233 e. The Morgan fingerprint density at radius 3 is 2.62 bits per heavy atom. The lowest BCUT2D eigenvalue weighted by molar-refractivity contribution is -0.117. The van der Waals surface area contributed by atoms with Crippen LogP contribution in [0.15, 0.2) is 48.5 Å². The number of hydrogen-bond acceptors (Lipinski definition) is 4. The summed E-state index contributed by atoms with van der Waals surface area (Å²) in [5.41, 5.74) is 1.91. The first kappa shape index (κ1) is 18.8. The van der Waals surface area contributed by atoms with Crippen molar-refractivity contribution in [2.75, 3.05) is 5.32 Å². The van der Waals surface area contributed by atoms with Crippen molar-refractivity contribution in [1.29, 1.82) is 0 Å². The van der Waals surface area contributed by atoms with Crippen molar-refractivity contribution in [3.8, 4) is 0 Å². The van der Waals surface area contributed by atoms with Crippen LogP contribution >= 0.6 is 34.5 Å². The van der Waals surface area contributed by atoms with Crippen molar-refractivity contribution in [3.05, 3.63) is 74.7 Å². The molecule has 134 valence electrons. The molecule has 0 saturated carbocycles. The van der Waals surface area contributed by atoms with E-state index in [1.807, 2.05) is 43.3 Å². The smallest absolute Gasteiger partial charge is 0.233 e. The molecule has 7 heteroatoms. The summed E-state index contributed by atoms with van der Waals surface area (Å²) in [5.74, 6) is -0.291. The van der Waals surface area contributed by atoms with Gasteiger partial charge < -0.3 is 0 Å². The molecule has 0 bridgehead atoms. The lowest BCUT2D eigenvalue weighted by Gasteiger charge is -2.13. The average Bonchev–Trinajstić information content (AvgIpc) is 3.06. The van der Waals surface area contributed by atoms with Gasteiger partial charge >= 0.3 is 0 Å². The zero-order valence-electron chi connectivity index (χ0n) is 14.1. The van der Waals surface area contributed by atoms with Crippen LogP contribution in [0.3, 0.4) is 0 Å². The van der Waals surface area contributed by atoms with Gasteiger partial charge in [-0.05, 0) is 29.7 Å². The molecule has 3 aromatic rings. The van der Waals surface area contributed by atoms with E-state index in [9.17, 15) is 4.79 Å². The molecule has 1 aromatic heterocycles. The lowest BCUT2D eigenvalue weighted by atomic mass is 9.96. The summed E-state index contributed by atoms with van der Waals surface area (Å²) in [6.45, 7) is 1.99. The van der Waals surface area contributed by atoms with Crippen molar-refractivity contribution in [1.82, 2.24) is 10.2 Å². The van der Waals surface area contributed by atoms with Crippen LogP contribution in [-0.2, 0) is 11.2 Å². The van der Waals surface area contributed by atoms with Gasteiger partial charge in [-0.1, -0.05) is 77.9 Å². The molecule has 1 N–H and O–H groups in total. The van der Waals surface area contributed by atoms with Crippen LogP contribution in [0.1, 0.15) is 35.4 Å². The lowest BCUT2D eigenvalue weighted by Crippen LogP contribution is -2.20. The van der Waals surface area contributed by atoms with Crippen LogP contribution in [0.25, 0.3) is 0 Å². The third-order valence-electron chi connectivity index (χ3n) is 3.98. The third-order valence-corrected chi connectivity index (χ3v) is 5.41. The first-order valence-electron chi connectivity index (χ1n) is 8.19. The number of carbonyl (C=O) groups excluding carboxylic acids is 1. The predicted octanol–water partition coefficient (Wildman–Crippen LogP) is 5.57. The quantitative estimate of drug-likeness (QED) is 0.583. The van der Waals surface area contributed by atoms with Crippen molar-refractivity contribution in [2.24, 2.45) is 0 Å². The van der Waals surface area contributed by atoms with Gasteiger partial charge in [-0.3, -0.25) is 10.1 Å². The molecule has 0 aliphatic rings. The van der Waals surface area contributed by atoms with Crippen LogP contribution in [0.5, 0.6) is 0 Å². The molecule has 1 amide bonds. The molecular weight excluding hydrogens is 389 g/mol. The fourth-order valence-electron chi connectivity index (χ4n) is 2.65. The van der Waals surface area contributed by atoms with Crippen molar-refractivity contribution < 1.29 is 4.79 Å². The Hall–Kier alpha value is -1.95. The van der Waals surface area contributed by atoms with E-state index in [0.717, 1.165) is 16.1 Å². The van der Waals surface area contributed by atoms with Gasteiger partial charge in [-0.15, -0.1) is 10.2 Å². The number of hydrogen-bond donors (Lipinski definition) is 1. The molecule has 1 atom stereocenters. The van der Waals surface area contributed by atoms with Crippen LogP contribution in [0, 0.1) is 0 Å². The maximum atomic E-state index is 12.6. The predicted molar refractivity (Wildman–Crippen MR) is 107 cm³/mol. The Balaban J connectivity index is 1.68. The second-order valence-corrected chi connectivity index (χ2v) is 7.68. The zero-order chi connectivity index (χ0) is 18.5. The standard InChI is InChI=1S/C19H17Cl2N3OS/c1-2-15(12-6-4-3-5-7-12)18(25)22-19-24-23-17(26-19)10-13-8-9-14(20)11-16(13)21/h3-9,11,15H,2,10H2,1H3,(H,22,24,25). The van der Waals surface area contributed by atoms with Gasteiger partial charge in [0.05, 0.1) is 5.92 Å². The SMILES string of the molecule is CCC(C(=O)Nc1nnc(Cc2ccc(Cl)cc2Cl)s1)c1ccccc1. The number of carbonyl (C=O) groups is 1. The van der Waals surface area contributed by atoms with E-state index in [2.05, 4.69) is 15.5 Å². The number of amides is 1. The van der Waals surface area contributed by atoms with Crippen molar-refractivity contribution >= 4 is 45.6 Å². The van der Waals surface area contributed by atoms with E-state index >= 15 is 0 Å². The highest BCUT2D eigenvalue weighted by Crippen LogP contribution is 2.27. The van der Waals surface area contributed by atoms with Gasteiger partial charge in [0.25, 0.3) is 0 Å². The molecule has 3 rings (SSSR count). The largest absolute Gasteiger partial charge is 0.300 e. The van der Waals surface area contributed by atoms with Crippen molar-refractivity contribution in [3.63, 3.8) is 0 Å². The van der Waals surface area contributed by atoms with Crippen molar-refractivity contribution in [2.45, 2.75) is 25.7 Å². The molecule has 1 unspecified atom stereocenters. The molecular formula is C19H17Cl2N3OS. The molecule has 0 spiro atoms. The Morgan fingerprint density at radius 2 is 1.92 bits per heavy atom. The summed E-state index contributed by atoms with van der Waals surface area (Å²) in [6, 6.07) is 15.1. The minimum Gasteiger partial charge on any atom is -0.300 e. The highest BCUT2D eigenvalue weighted by Gasteiger charge is 2.20. The van der Waals surface area contributed by atoms with E-state index in [-0.39, 0.29) is 11.8 Å². The minimum atomic E-state index is -0.214. The van der Waals surface area contributed by atoms with Crippen LogP contribution in [0.4, 0.5) is 5.13 Å². The Kier molecular flexibility index (Phi) is 6.25. The molecule has 4 nitrogen and oxygen atoms in total. The summed E-state index contributed by atoms with van der Waals surface area (Å²) in [7, 11) is 0. The fraction of sp³-hybridized carbons (Fsp3) is 0.211. The van der Waals surface area contributed by atoms with Gasteiger partial charge in [-0.25, -0.2) is 0 Å². The first-order valence-corrected chi connectivity index (χ1v) is 9.76.